The summed E-state index contributed by atoms with van der Waals surface area (Å²) in [7, 11) is 1.98. The van der Waals surface area contributed by atoms with Gasteiger partial charge in [0.15, 0.2) is 5.82 Å². The Morgan fingerprint density at radius 2 is 2.12 bits per heavy atom. The standard InChI is InChI=1S/C12H15N5/c1-17-8-7-16-12(17)11-10(14-5-6-15-11)9-3-2-4-13-9/h5-9,13H,2-4H2,1H3. The molecule has 0 spiro atoms. The van der Waals surface area contributed by atoms with Crippen molar-refractivity contribution in [2.24, 2.45) is 7.05 Å². The number of aromatic nitrogens is 4. The summed E-state index contributed by atoms with van der Waals surface area (Å²) in [5, 5.41) is 3.46. The third-order valence-corrected chi connectivity index (χ3v) is 3.15. The Hall–Kier alpha value is -1.75. The van der Waals surface area contributed by atoms with Gasteiger partial charge < -0.3 is 9.88 Å². The van der Waals surface area contributed by atoms with Gasteiger partial charge in [-0.25, -0.2) is 9.97 Å². The lowest BCUT2D eigenvalue weighted by atomic mass is 10.1. The summed E-state index contributed by atoms with van der Waals surface area (Å²) in [5.74, 6) is 0.877. The van der Waals surface area contributed by atoms with E-state index in [0.717, 1.165) is 30.2 Å². The Labute approximate surface area is 99.9 Å². The Balaban J connectivity index is 2.07. The minimum Gasteiger partial charge on any atom is -0.333 e. The van der Waals surface area contributed by atoms with Gasteiger partial charge in [-0.05, 0) is 19.4 Å². The molecule has 1 fully saturated rings. The van der Waals surface area contributed by atoms with E-state index in [1.54, 1.807) is 18.6 Å². The number of aryl methyl sites for hydroxylation is 1. The van der Waals surface area contributed by atoms with Crippen LogP contribution in [0, 0.1) is 0 Å². The summed E-state index contributed by atoms with van der Waals surface area (Å²) >= 11 is 0. The van der Waals surface area contributed by atoms with Gasteiger partial charge in [0.2, 0.25) is 0 Å². The fraction of sp³-hybridized carbons (Fsp3) is 0.417. The zero-order valence-electron chi connectivity index (χ0n) is 9.80. The lowest BCUT2D eigenvalue weighted by Crippen LogP contribution is -2.16. The molecule has 1 atom stereocenters. The van der Waals surface area contributed by atoms with Crippen LogP contribution in [0.3, 0.4) is 0 Å². The Kier molecular flexibility index (Phi) is 2.60. The third-order valence-electron chi connectivity index (χ3n) is 3.15. The van der Waals surface area contributed by atoms with E-state index < -0.39 is 0 Å². The van der Waals surface area contributed by atoms with Crippen molar-refractivity contribution >= 4 is 0 Å². The van der Waals surface area contributed by atoms with E-state index in [-0.39, 0.29) is 0 Å². The van der Waals surface area contributed by atoms with E-state index in [1.807, 2.05) is 17.8 Å². The van der Waals surface area contributed by atoms with Gasteiger partial charge >= 0.3 is 0 Å². The molecule has 0 saturated carbocycles. The summed E-state index contributed by atoms with van der Waals surface area (Å²) in [6.45, 7) is 1.06. The zero-order chi connectivity index (χ0) is 11.7. The van der Waals surface area contributed by atoms with Crippen LogP contribution < -0.4 is 5.32 Å². The Morgan fingerprint density at radius 3 is 2.82 bits per heavy atom. The van der Waals surface area contributed by atoms with E-state index in [4.69, 9.17) is 0 Å². The van der Waals surface area contributed by atoms with Crippen LogP contribution in [0.4, 0.5) is 0 Å². The monoisotopic (exact) mass is 229 g/mol. The summed E-state index contributed by atoms with van der Waals surface area (Å²) in [4.78, 5) is 13.3. The number of hydrogen-bond acceptors (Lipinski definition) is 4. The quantitative estimate of drug-likeness (QED) is 0.843. The average molecular weight is 229 g/mol. The fourth-order valence-electron chi connectivity index (χ4n) is 2.29. The number of hydrogen-bond donors (Lipinski definition) is 1. The van der Waals surface area contributed by atoms with Crippen molar-refractivity contribution in [2.45, 2.75) is 18.9 Å². The molecule has 1 N–H and O–H groups in total. The maximum atomic E-state index is 4.48. The number of nitrogens with zero attached hydrogens (tertiary/aromatic N) is 4. The predicted molar refractivity (Wildman–Crippen MR) is 64.2 cm³/mol. The molecule has 1 aliphatic heterocycles. The van der Waals surface area contributed by atoms with Crippen molar-refractivity contribution in [3.63, 3.8) is 0 Å². The van der Waals surface area contributed by atoms with E-state index in [1.165, 1.54) is 6.42 Å². The first kappa shape index (κ1) is 10.4. The minimum absolute atomic E-state index is 0.315. The lowest BCUT2D eigenvalue weighted by molar-refractivity contribution is 0.625. The molecular weight excluding hydrogens is 214 g/mol. The van der Waals surface area contributed by atoms with Gasteiger partial charge in [0.05, 0.1) is 11.7 Å². The first-order valence-corrected chi connectivity index (χ1v) is 5.88. The summed E-state index contributed by atoms with van der Waals surface area (Å²) in [6.07, 6.45) is 9.51. The molecule has 1 unspecified atom stereocenters. The maximum Gasteiger partial charge on any atom is 0.160 e. The lowest BCUT2D eigenvalue weighted by Gasteiger charge is -2.13. The minimum atomic E-state index is 0.315. The Bertz CT molecular complexity index is 513. The van der Waals surface area contributed by atoms with Gasteiger partial charge in [0.1, 0.15) is 5.69 Å². The molecule has 2 aromatic heterocycles. The number of nitrogens with one attached hydrogen (secondary N) is 1. The molecule has 5 heteroatoms. The molecule has 5 nitrogen and oxygen atoms in total. The fourth-order valence-corrected chi connectivity index (χ4v) is 2.29. The van der Waals surface area contributed by atoms with Crippen LogP contribution in [-0.4, -0.2) is 26.1 Å². The molecule has 17 heavy (non-hydrogen) atoms. The maximum absolute atomic E-state index is 4.48. The smallest absolute Gasteiger partial charge is 0.160 e. The van der Waals surface area contributed by atoms with Crippen LogP contribution >= 0.6 is 0 Å². The normalized spacial score (nSPS) is 19.7. The Morgan fingerprint density at radius 1 is 1.24 bits per heavy atom. The predicted octanol–water partition coefficient (Wildman–Crippen LogP) is 1.30. The molecule has 0 bridgehead atoms. The second-order valence-electron chi connectivity index (χ2n) is 4.30. The molecule has 0 aromatic carbocycles. The van der Waals surface area contributed by atoms with Crippen LogP contribution in [0.15, 0.2) is 24.8 Å². The molecule has 0 amide bonds. The second kappa shape index (κ2) is 4.25. The van der Waals surface area contributed by atoms with Crippen LogP contribution in [0.5, 0.6) is 0 Å². The van der Waals surface area contributed by atoms with E-state index in [9.17, 15) is 0 Å². The number of rotatable bonds is 2. The van der Waals surface area contributed by atoms with E-state index in [2.05, 4.69) is 20.3 Å². The van der Waals surface area contributed by atoms with Gasteiger partial charge in [0, 0.05) is 31.8 Å². The SMILES string of the molecule is Cn1ccnc1-c1nccnc1C1CCCN1. The molecule has 1 aliphatic rings. The molecule has 0 radical (unpaired) electrons. The first-order valence-electron chi connectivity index (χ1n) is 5.88. The first-order chi connectivity index (χ1) is 8.36. The van der Waals surface area contributed by atoms with E-state index >= 15 is 0 Å². The third kappa shape index (κ3) is 1.82. The highest BCUT2D eigenvalue weighted by atomic mass is 15.1. The van der Waals surface area contributed by atoms with Crippen molar-refractivity contribution in [3.05, 3.63) is 30.5 Å². The zero-order valence-corrected chi connectivity index (χ0v) is 9.80. The van der Waals surface area contributed by atoms with Crippen molar-refractivity contribution in [1.29, 1.82) is 0 Å². The van der Waals surface area contributed by atoms with Crippen LogP contribution in [0.25, 0.3) is 11.5 Å². The molecule has 0 aliphatic carbocycles. The van der Waals surface area contributed by atoms with Crippen LogP contribution in [-0.2, 0) is 7.05 Å². The summed E-state index contributed by atoms with van der Waals surface area (Å²) in [5.41, 5.74) is 1.90. The highest BCUT2D eigenvalue weighted by Gasteiger charge is 2.23. The van der Waals surface area contributed by atoms with Crippen molar-refractivity contribution in [1.82, 2.24) is 24.8 Å². The van der Waals surface area contributed by atoms with Gasteiger partial charge in [-0.3, -0.25) is 4.98 Å². The average Bonchev–Trinajstić information content (AvgIpc) is 3.00. The molecule has 3 rings (SSSR count). The summed E-state index contributed by atoms with van der Waals surface area (Å²) in [6, 6.07) is 0.315. The molecular formula is C12H15N5. The molecule has 1 saturated heterocycles. The second-order valence-corrected chi connectivity index (χ2v) is 4.30. The largest absolute Gasteiger partial charge is 0.333 e. The van der Waals surface area contributed by atoms with Gasteiger partial charge in [-0.2, -0.15) is 0 Å². The topological polar surface area (TPSA) is 55.6 Å². The van der Waals surface area contributed by atoms with Gasteiger partial charge in [-0.15, -0.1) is 0 Å². The summed E-state index contributed by atoms with van der Waals surface area (Å²) < 4.78 is 1.97. The van der Waals surface area contributed by atoms with Crippen molar-refractivity contribution in [2.75, 3.05) is 6.54 Å². The molecule has 3 heterocycles. The number of imidazole rings is 1. The van der Waals surface area contributed by atoms with Crippen LogP contribution in [0.1, 0.15) is 24.6 Å². The molecule has 88 valence electrons. The van der Waals surface area contributed by atoms with Gasteiger partial charge in [-0.1, -0.05) is 0 Å². The van der Waals surface area contributed by atoms with Crippen molar-refractivity contribution in [3.8, 4) is 11.5 Å². The van der Waals surface area contributed by atoms with E-state index in [0.29, 0.717) is 6.04 Å². The highest BCUT2D eigenvalue weighted by Crippen LogP contribution is 2.27. The van der Waals surface area contributed by atoms with Crippen LogP contribution in [0.2, 0.25) is 0 Å². The molecule has 2 aromatic rings. The highest BCUT2D eigenvalue weighted by molar-refractivity contribution is 5.53. The van der Waals surface area contributed by atoms with Crippen molar-refractivity contribution < 1.29 is 0 Å². The van der Waals surface area contributed by atoms with Gasteiger partial charge in [0.25, 0.3) is 0 Å².